The molecular weight excluding hydrogens is 389 g/mol. The van der Waals surface area contributed by atoms with Crippen LogP contribution in [0, 0.1) is 5.82 Å². The number of hydrogen-bond acceptors (Lipinski definition) is 2. The Hall–Kier alpha value is -3.11. The second-order valence-electron chi connectivity index (χ2n) is 6.64. The number of benzene rings is 3. The van der Waals surface area contributed by atoms with Gasteiger partial charge in [0.2, 0.25) is 5.78 Å². The lowest BCUT2D eigenvalue weighted by molar-refractivity contribution is 0.0923. The highest BCUT2D eigenvalue weighted by Crippen LogP contribution is 2.34. The van der Waals surface area contributed by atoms with E-state index in [-0.39, 0.29) is 17.4 Å². The summed E-state index contributed by atoms with van der Waals surface area (Å²) in [6.07, 6.45) is 0. The van der Waals surface area contributed by atoms with Gasteiger partial charge in [-0.1, -0.05) is 60.1 Å². The first-order valence-electron chi connectivity index (χ1n) is 9.38. The number of carbonyl (C=O) groups excluding carboxylic acids is 1. The lowest BCUT2D eigenvalue weighted by Gasteiger charge is -2.11. The molecule has 29 heavy (non-hydrogen) atoms. The number of Topliss-reactive ketones (excluding diaryl/α,β-unsaturated/α-hetero) is 1. The maximum atomic E-state index is 13.4. The Bertz CT molecular complexity index is 1180. The monoisotopic (exact) mass is 407 g/mol. The number of ketones is 1. The predicted octanol–water partition coefficient (Wildman–Crippen LogP) is 6.38. The Morgan fingerprint density at radius 2 is 1.76 bits per heavy atom. The summed E-state index contributed by atoms with van der Waals surface area (Å²) >= 11 is 5.81. The molecule has 0 unspecified atom stereocenters. The Morgan fingerprint density at radius 1 is 1.03 bits per heavy atom. The molecule has 0 fully saturated rings. The van der Waals surface area contributed by atoms with Crippen LogP contribution >= 0.6 is 11.6 Å². The smallest absolute Gasteiger partial charge is 0.202 e. The van der Waals surface area contributed by atoms with Gasteiger partial charge in [0.15, 0.2) is 6.61 Å². The third-order valence-electron chi connectivity index (χ3n) is 4.87. The Balaban J connectivity index is 1.77. The normalized spacial score (nSPS) is 11.0. The number of rotatable bonds is 6. The zero-order valence-electron chi connectivity index (χ0n) is 15.9. The van der Waals surface area contributed by atoms with Crippen molar-refractivity contribution in [2.75, 3.05) is 6.61 Å². The maximum Gasteiger partial charge on any atom is 0.202 e. The van der Waals surface area contributed by atoms with E-state index in [1.807, 2.05) is 54.6 Å². The fourth-order valence-electron chi connectivity index (χ4n) is 3.60. The van der Waals surface area contributed by atoms with Crippen LogP contribution < -0.4 is 4.74 Å². The summed E-state index contributed by atoms with van der Waals surface area (Å²) in [5.41, 5.74) is 3.47. The van der Waals surface area contributed by atoms with Crippen LogP contribution in [-0.2, 0) is 6.54 Å². The second-order valence-corrected chi connectivity index (χ2v) is 7.05. The zero-order chi connectivity index (χ0) is 20.4. The van der Waals surface area contributed by atoms with E-state index < -0.39 is 5.82 Å². The summed E-state index contributed by atoms with van der Waals surface area (Å²) in [6.45, 7) is 2.62. The van der Waals surface area contributed by atoms with Crippen LogP contribution in [0.1, 0.15) is 17.3 Å². The van der Waals surface area contributed by atoms with Crippen molar-refractivity contribution in [2.24, 2.45) is 0 Å². The van der Waals surface area contributed by atoms with Gasteiger partial charge in [0.05, 0.1) is 16.3 Å². The van der Waals surface area contributed by atoms with Crippen LogP contribution in [-0.4, -0.2) is 17.0 Å². The molecule has 0 aliphatic heterocycles. The van der Waals surface area contributed by atoms with Gasteiger partial charge in [0.1, 0.15) is 11.6 Å². The Morgan fingerprint density at radius 3 is 2.48 bits per heavy atom. The molecule has 0 aliphatic rings. The third kappa shape index (κ3) is 3.64. The van der Waals surface area contributed by atoms with Crippen molar-refractivity contribution < 1.29 is 13.9 Å². The summed E-state index contributed by atoms with van der Waals surface area (Å²) in [5, 5.41) is 0.849. The predicted molar refractivity (Wildman–Crippen MR) is 114 cm³/mol. The summed E-state index contributed by atoms with van der Waals surface area (Å²) in [5.74, 6) is -0.319. The van der Waals surface area contributed by atoms with Gasteiger partial charge in [-0.25, -0.2) is 4.39 Å². The van der Waals surface area contributed by atoms with E-state index in [9.17, 15) is 9.18 Å². The number of halogens is 2. The van der Waals surface area contributed by atoms with Crippen molar-refractivity contribution in [3.8, 4) is 17.0 Å². The Labute approximate surface area is 173 Å². The van der Waals surface area contributed by atoms with E-state index in [0.29, 0.717) is 11.3 Å². The molecule has 5 heteroatoms. The molecule has 0 aliphatic carbocycles. The van der Waals surface area contributed by atoms with E-state index in [1.54, 1.807) is 0 Å². The average molecular weight is 408 g/mol. The zero-order valence-corrected chi connectivity index (χ0v) is 16.6. The number of para-hydroxylation sites is 1. The van der Waals surface area contributed by atoms with Crippen molar-refractivity contribution in [3.63, 3.8) is 0 Å². The molecule has 0 atom stereocenters. The van der Waals surface area contributed by atoms with Gasteiger partial charge in [-0.15, -0.1) is 0 Å². The molecule has 0 saturated heterocycles. The summed E-state index contributed by atoms with van der Waals surface area (Å²) in [7, 11) is 0. The van der Waals surface area contributed by atoms with Gasteiger partial charge in [-0.2, -0.15) is 0 Å². The lowest BCUT2D eigenvalue weighted by atomic mass is 10.0. The highest BCUT2D eigenvalue weighted by atomic mass is 35.5. The van der Waals surface area contributed by atoms with Gasteiger partial charge in [0, 0.05) is 23.5 Å². The third-order valence-corrected chi connectivity index (χ3v) is 5.16. The first-order valence-corrected chi connectivity index (χ1v) is 9.75. The fraction of sp³-hybridized carbons (Fsp3) is 0.125. The summed E-state index contributed by atoms with van der Waals surface area (Å²) < 4.78 is 21.1. The van der Waals surface area contributed by atoms with Crippen molar-refractivity contribution in [1.29, 1.82) is 0 Å². The molecule has 3 aromatic carbocycles. The van der Waals surface area contributed by atoms with Crippen LogP contribution in [0.4, 0.5) is 4.39 Å². The molecule has 4 aromatic rings. The Kier molecular flexibility index (Phi) is 5.36. The first kappa shape index (κ1) is 19.2. The fourth-order valence-corrected chi connectivity index (χ4v) is 3.77. The molecule has 3 nitrogen and oxygen atoms in total. The minimum Gasteiger partial charge on any atom is -0.485 e. The van der Waals surface area contributed by atoms with Crippen molar-refractivity contribution in [2.45, 2.75) is 13.5 Å². The molecule has 0 spiro atoms. The number of hydrogen-bond donors (Lipinski definition) is 0. The topological polar surface area (TPSA) is 31.2 Å². The van der Waals surface area contributed by atoms with Crippen molar-refractivity contribution in [1.82, 2.24) is 4.57 Å². The number of nitrogens with zero attached hydrogens (tertiary/aromatic N) is 1. The van der Waals surface area contributed by atoms with Crippen LogP contribution in [0.25, 0.3) is 22.2 Å². The highest BCUT2D eigenvalue weighted by molar-refractivity contribution is 6.30. The summed E-state index contributed by atoms with van der Waals surface area (Å²) in [6, 6.07) is 21.8. The minimum absolute atomic E-state index is 0.0393. The molecule has 1 aromatic heterocycles. The first-order chi connectivity index (χ1) is 14.1. The van der Waals surface area contributed by atoms with E-state index in [4.69, 9.17) is 16.3 Å². The van der Waals surface area contributed by atoms with Gasteiger partial charge in [0.25, 0.3) is 0 Å². The molecule has 0 amide bonds. The summed E-state index contributed by atoms with van der Waals surface area (Å²) in [4.78, 5) is 13.3. The van der Waals surface area contributed by atoms with Crippen LogP contribution in [0.3, 0.4) is 0 Å². The number of aromatic nitrogens is 1. The molecule has 0 N–H and O–H groups in total. The molecule has 4 rings (SSSR count). The van der Waals surface area contributed by atoms with E-state index in [2.05, 4.69) is 11.5 Å². The SMILES string of the molecule is CCn1c(-c2ccccc2)c(C(=O)COc2ccc(F)c(Cl)c2)c2ccccc21. The van der Waals surface area contributed by atoms with E-state index >= 15 is 0 Å². The second kappa shape index (κ2) is 8.10. The van der Waals surface area contributed by atoms with Crippen LogP contribution in [0.15, 0.2) is 72.8 Å². The molecule has 146 valence electrons. The van der Waals surface area contributed by atoms with Crippen LogP contribution in [0.5, 0.6) is 5.75 Å². The van der Waals surface area contributed by atoms with E-state index in [0.717, 1.165) is 28.7 Å². The van der Waals surface area contributed by atoms with Gasteiger partial charge < -0.3 is 9.30 Å². The molecular formula is C24H19ClFNO2. The largest absolute Gasteiger partial charge is 0.485 e. The molecule has 0 radical (unpaired) electrons. The van der Waals surface area contributed by atoms with Crippen molar-refractivity contribution >= 4 is 28.3 Å². The lowest BCUT2D eigenvalue weighted by Crippen LogP contribution is -2.13. The molecule has 0 saturated carbocycles. The van der Waals surface area contributed by atoms with Crippen LogP contribution in [0.2, 0.25) is 5.02 Å². The standard InChI is InChI=1S/C24H19ClFNO2/c1-2-27-21-11-7-6-10-18(21)23(24(27)16-8-4-3-5-9-16)22(28)15-29-17-12-13-20(26)19(25)14-17/h3-14H,2,15H2,1H3. The number of fused-ring (bicyclic) bond motifs is 1. The van der Waals surface area contributed by atoms with Crippen molar-refractivity contribution in [3.05, 3.63) is 89.2 Å². The maximum absolute atomic E-state index is 13.4. The number of carbonyl (C=O) groups is 1. The minimum atomic E-state index is -0.525. The van der Waals surface area contributed by atoms with Gasteiger partial charge in [-0.05, 0) is 30.7 Å². The van der Waals surface area contributed by atoms with Gasteiger partial charge >= 0.3 is 0 Å². The highest BCUT2D eigenvalue weighted by Gasteiger charge is 2.23. The van der Waals surface area contributed by atoms with E-state index in [1.165, 1.54) is 18.2 Å². The number of aryl methyl sites for hydroxylation is 1. The molecule has 0 bridgehead atoms. The van der Waals surface area contributed by atoms with Gasteiger partial charge in [-0.3, -0.25) is 4.79 Å². The average Bonchev–Trinajstić information content (AvgIpc) is 3.09. The quantitative estimate of drug-likeness (QED) is 0.347. The molecule has 1 heterocycles. The number of ether oxygens (including phenoxy) is 1.